The summed E-state index contributed by atoms with van der Waals surface area (Å²) in [6.07, 6.45) is -0.646. The van der Waals surface area contributed by atoms with Gasteiger partial charge in [0.15, 0.2) is 5.78 Å². The first-order valence-corrected chi connectivity index (χ1v) is 7.14. The third kappa shape index (κ3) is 1.34. The van der Waals surface area contributed by atoms with Gasteiger partial charge in [-0.2, -0.15) is 0 Å². The van der Waals surface area contributed by atoms with Gasteiger partial charge >= 0.3 is 0 Å². The number of aliphatic hydroxyl groups excluding tert-OH is 3. The third-order valence-electron chi connectivity index (χ3n) is 6.17. The van der Waals surface area contributed by atoms with Crippen LogP contribution >= 0.6 is 0 Å². The van der Waals surface area contributed by atoms with Crippen LogP contribution in [0.4, 0.5) is 0 Å². The summed E-state index contributed by atoms with van der Waals surface area (Å²) in [5.41, 5.74) is -1.16. The quantitative estimate of drug-likeness (QED) is 0.631. The van der Waals surface area contributed by atoms with Crippen LogP contribution in [0.3, 0.4) is 0 Å². The molecule has 0 aromatic carbocycles. The molecule has 0 spiro atoms. The number of carbonyl (C=O) groups excluding carboxylic acids is 1. The summed E-state index contributed by atoms with van der Waals surface area (Å²) in [4.78, 5) is 12.2. The van der Waals surface area contributed by atoms with Crippen molar-refractivity contribution in [2.45, 2.75) is 51.6 Å². The van der Waals surface area contributed by atoms with Crippen molar-refractivity contribution in [2.24, 2.45) is 16.7 Å². The van der Waals surface area contributed by atoms with Gasteiger partial charge in [0, 0.05) is 0 Å². The standard InChI is InChI=1S/C15H22O5/c1-7-4-10-15(6-16,13(19)11(7)18)14(3)5-9(17)12(20-10)8(14)2/h4,8-10,12-13,16-17,19H,5-6H2,1-3H3/t8-,9-,10-,12+,13-,14+,15-/m1/s1. The van der Waals surface area contributed by atoms with Crippen molar-refractivity contribution in [3.05, 3.63) is 11.6 Å². The van der Waals surface area contributed by atoms with Crippen LogP contribution in [0.15, 0.2) is 11.6 Å². The second-order valence-electron chi connectivity index (χ2n) is 6.81. The first kappa shape index (κ1) is 14.2. The fourth-order valence-corrected chi connectivity index (χ4v) is 4.64. The van der Waals surface area contributed by atoms with E-state index in [4.69, 9.17) is 4.74 Å². The van der Waals surface area contributed by atoms with Crippen molar-refractivity contribution in [3.8, 4) is 0 Å². The third-order valence-corrected chi connectivity index (χ3v) is 6.17. The topological polar surface area (TPSA) is 87.0 Å². The summed E-state index contributed by atoms with van der Waals surface area (Å²) < 4.78 is 5.96. The van der Waals surface area contributed by atoms with Crippen LogP contribution in [-0.2, 0) is 9.53 Å². The van der Waals surface area contributed by atoms with E-state index >= 15 is 0 Å². The molecule has 5 nitrogen and oxygen atoms in total. The highest BCUT2D eigenvalue weighted by Crippen LogP contribution is 2.64. The zero-order valence-corrected chi connectivity index (χ0v) is 12.0. The average molecular weight is 282 g/mol. The molecule has 7 atom stereocenters. The molecule has 1 heterocycles. The fraction of sp³-hybridized carbons (Fsp3) is 0.800. The van der Waals surface area contributed by atoms with Crippen LogP contribution in [0.2, 0.25) is 0 Å². The molecule has 3 rings (SSSR count). The number of ketones is 1. The van der Waals surface area contributed by atoms with Gasteiger partial charge in [-0.25, -0.2) is 0 Å². The highest BCUT2D eigenvalue weighted by atomic mass is 16.5. The molecule has 0 aromatic rings. The molecule has 2 bridgehead atoms. The molecule has 2 aliphatic carbocycles. The summed E-state index contributed by atoms with van der Waals surface area (Å²) in [5.74, 6) is -0.387. The molecule has 0 aromatic heterocycles. The predicted molar refractivity (Wildman–Crippen MR) is 70.8 cm³/mol. The van der Waals surface area contributed by atoms with Crippen LogP contribution in [0, 0.1) is 16.7 Å². The van der Waals surface area contributed by atoms with E-state index in [0.717, 1.165) is 0 Å². The molecule has 1 aliphatic heterocycles. The monoisotopic (exact) mass is 282 g/mol. The Morgan fingerprint density at radius 2 is 2.10 bits per heavy atom. The lowest BCUT2D eigenvalue weighted by atomic mass is 9.51. The molecule has 3 aliphatic rings. The zero-order valence-electron chi connectivity index (χ0n) is 12.0. The minimum Gasteiger partial charge on any atom is -0.396 e. The maximum Gasteiger partial charge on any atom is 0.187 e. The van der Waals surface area contributed by atoms with E-state index < -0.39 is 29.1 Å². The smallest absolute Gasteiger partial charge is 0.187 e. The Morgan fingerprint density at radius 1 is 1.45 bits per heavy atom. The van der Waals surface area contributed by atoms with Crippen molar-refractivity contribution in [3.63, 3.8) is 0 Å². The molecule has 0 radical (unpaired) electrons. The number of fused-ring (bicyclic) bond motifs is 4. The summed E-state index contributed by atoms with van der Waals surface area (Å²) in [6, 6.07) is 0. The van der Waals surface area contributed by atoms with Crippen molar-refractivity contribution >= 4 is 5.78 Å². The molecular formula is C15H22O5. The van der Waals surface area contributed by atoms with Gasteiger partial charge in [0.05, 0.1) is 30.3 Å². The van der Waals surface area contributed by atoms with Gasteiger partial charge < -0.3 is 20.1 Å². The Hall–Kier alpha value is -0.750. The maximum atomic E-state index is 12.2. The first-order valence-electron chi connectivity index (χ1n) is 7.14. The van der Waals surface area contributed by atoms with Crippen LogP contribution in [0.25, 0.3) is 0 Å². The maximum absolute atomic E-state index is 12.2. The fourth-order valence-electron chi connectivity index (χ4n) is 4.64. The molecule has 0 unspecified atom stereocenters. The van der Waals surface area contributed by atoms with E-state index in [1.165, 1.54) is 0 Å². The number of carbonyl (C=O) groups is 1. The van der Waals surface area contributed by atoms with Crippen molar-refractivity contribution < 1.29 is 24.9 Å². The lowest BCUT2D eigenvalue weighted by molar-refractivity contribution is -0.236. The van der Waals surface area contributed by atoms with Crippen LogP contribution in [-0.4, -0.2) is 52.1 Å². The first-order chi connectivity index (χ1) is 9.29. The number of Topliss-reactive ketones (excluding diaryl/α,β-unsaturated/α-hetero) is 1. The van der Waals surface area contributed by atoms with Crippen molar-refractivity contribution in [2.75, 3.05) is 6.61 Å². The Bertz CT molecular complexity index is 487. The normalized spacial score (nSPS) is 54.6. The van der Waals surface area contributed by atoms with Gasteiger partial charge in [0.25, 0.3) is 0 Å². The van der Waals surface area contributed by atoms with E-state index in [0.29, 0.717) is 12.0 Å². The summed E-state index contributed by atoms with van der Waals surface area (Å²) >= 11 is 0. The van der Waals surface area contributed by atoms with E-state index in [1.807, 2.05) is 13.8 Å². The molecule has 1 saturated heterocycles. The Balaban J connectivity index is 2.20. The number of ether oxygens (including phenoxy) is 1. The Kier molecular flexibility index (Phi) is 2.93. The average Bonchev–Trinajstić information content (AvgIpc) is 2.55. The second kappa shape index (κ2) is 4.13. The number of rotatable bonds is 1. The highest BCUT2D eigenvalue weighted by molar-refractivity contribution is 6.00. The number of hydrogen-bond acceptors (Lipinski definition) is 5. The zero-order chi connectivity index (χ0) is 14.9. The van der Waals surface area contributed by atoms with E-state index in [-0.39, 0.29) is 24.4 Å². The number of aliphatic hydroxyl groups is 3. The van der Waals surface area contributed by atoms with Crippen LogP contribution < -0.4 is 0 Å². The Labute approximate surface area is 118 Å². The molecule has 0 amide bonds. The summed E-state index contributed by atoms with van der Waals surface area (Å²) in [5, 5.41) is 30.8. The lowest BCUT2D eigenvalue weighted by Gasteiger charge is -2.58. The molecule has 2 fully saturated rings. The van der Waals surface area contributed by atoms with Gasteiger partial charge in [-0.1, -0.05) is 13.8 Å². The van der Waals surface area contributed by atoms with Crippen LogP contribution in [0.5, 0.6) is 0 Å². The second-order valence-corrected chi connectivity index (χ2v) is 6.81. The minimum atomic E-state index is -1.29. The SMILES string of the molecule is CC1=C[C@H]2O[C@@H]3[C@H](O)C[C@@](C)([C@@H]3C)[C@@]2(CO)[C@H](O)C1=O. The van der Waals surface area contributed by atoms with E-state index in [2.05, 4.69) is 0 Å². The molecule has 20 heavy (non-hydrogen) atoms. The van der Waals surface area contributed by atoms with Gasteiger partial charge in [-0.3, -0.25) is 4.79 Å². The summed E-state index contributed by atoms with van der Waals surface area (Å²) in [6.45, 7) is 5.21. The van der Waals surface area contributed by atoms with E-state index in [9.17, 15) is 20.1 Å². The summed E-state index contributed by atoms with van der Waals surface area (Å²) in [7, 11) is 0. The van der Waals surface area contributed by atoms with Gasteiger partial charge in [-0.05, 0) is 36.3 Å². The Morgan fingerprint density at radius 3 is 2.70 bits per heavy atom. The predicted octanol–water partition coefficient (Wildman–Crippen LogP) is 0.0294. The van der Waals surface area contributed by atoms with E-state index in [1.54, 1.807) is 13.0 Å². The molecule has 3 N–H and O–H groups in total. The van der Waals surface area contributed by atoms with Crippen molar-refractivity contribution in [1.29, 1.82) is 0 Å². The highest BCUT2D eigenvalue weighted by Gasteiger charge is 2.70. The molecule has 1 saturated carbocycles. The minimum absolute atomic E-state index is 0.0323. The van der Waals surface area contributed by atoms with Gasteiger partial charge in [-0.15, -0.1) is 0 Å². The molecule has 5 heteroatoms. The number of hydrogen-bond donors (Lipinski definition) is 3. The molecular weight excluding hydrogens is 260 g/mol. The largest absolute Gasteiger partial charge is 0.396 e. The molecule has 112 valence electrons. The van der Waals surface area contributed by atoms with Crippen LogP contribution in [0.1, 0.15) is 27.2 Å². The van der Waals surface area contributed by atoms with Crippen molar-refractivity contribution in [1.82, 2.24) is 0 Å². The van der Waals surface area contributed by atoms with Gasteiger partial charge in [0.1, 0.15) is 6.10 Å². The van der Waals surface area contributed by atoms with Gasteiger partial charge in [0.2, 0.25) is 0 Å². The lowest BCUT2D eigenvalue weighted by Crippen LogP contribution is -2.67.